The first kappa shape index (κ1) is 12.9. The minimum Gasteiger partial charge on any atom is -0.461 e. The molecule has 3 rings (SSSR count). The number of pyridine rings is 1. The van der Waals surface area contributed by atoms with Crippen molar-refractivity contribution in [1.29, 1.82) is 5.26 Å². The van der Waals surface area contributed by atoms with Gasteiger partial charge < -0.3 is 9.73 Å². The van der Waals surface area contributed by atoms with Crippen LogP contribution in [0.25, 0.3) is 11.6 Å². The van der Waals surface area contributed by atoms with E-state index in [1.165, 1.54) is 6.20 Å². The molecule has 0 spiro atoms. The van der Waals surface area contributed by atoms with Gasteiger partial charge in [-0.25, -0.2) is 9.97 Å². The fourth-order valence-corrected chi connectivity index (χ4v) is 1.80. The van der Waals surface area contributed by atoms with E-state index < -0.39 is 0 Å². The van der Waals surface area contributed by atoms with Crippen LogP contribution in [0.3, 0.4) is 0 Å². The lowest BCUT2D eigenvalue weighted by molar-refractivity contribution is 0.577. The zero-order chi connectivity index (χ0) is 14.5. The third kappa shape index (κ3) is 3.06. The lowest BCUT2D eigenvalue weighted by Gasteiger charge is -2.03. The molecule has 0 aliphatic rings. The van der Waals surface area contributed by atoms with Crippen molar-refractivity contribution in [2.45, 2.75) is 6.42 Å². The van der Waals surface area contributed by atoms with Crippen LogP contribution in [0, 0.1) is 11.3 Å². The number of nitrogens with zero attached hydrogens (tertiary/aromatic N) is 4. The second kappa shape index (κ2) is 5.88. The van der Waals surface area contributed by atoms with E-state index in [0.717, 1.165) is 11.6 Å². The van der Waals surface area contributed by atoms with Gasteiger partial charge in [-0.15, -0.1) is 0 Å². The highest BCUT2D eigenvalue weighted by molar-refractivity contribution is 5.45. The largest absolute Gasteiger partial charge is 0.461 e. The van der Waals surface area contributed by atoms with Crippen molar-refractivity contribution in [3.8, 4) is 17.7 Å². The molecule has 0 saturated heterocycles. The first-order chi connectivity index (χ1) is 10.3. The first-order valence-corrected chi connectivity index (χ1v) is 6.40. The average Bonchev–Trinajstić information content (AvgIpc) is 3.19. The van der Waals surface area contributed by atoms with Gasteiger partial charge in [-0.1, -0.05) is 0 Å². The van der Waals surface area contributed by atoms with Crippen LogP contribution >= 0.6 is 0 Å². The van der Waals surface area contributed by atoms with Gasteiger partial charge in [0.15, 0.2) is 5.76 Å². The quantitative estimate of drug-likeness (QED) is 0.740. The van der Waals surface area contributed by atoms with E-state index >= 15 is 0 Å². The summed E-state index contributed by atoms with van der Waals surface area (Å²) in [5.41, 5.74) is 0.541. The molecule has 0 fully saturated rings. The molecule has 21 heavy (non-hydrogen) atoms. The molecule has 0 bridgehead atoms. The van der Waals surface area contributed by atoms with Crippen LogP contribution in [0.15, 0.2) is 41.1 Å². The molecule has 7 nitrogen and oxygen atoms in total. The summed E-state index contributed by atoms with van der Waals surface area (Å²) >= 11 is 0. The molecule has 0 aromatic carbocycles. The Balaban J connectivity index is 1.54. The van der Waals surface area contributed by atoms with Crippen molar-refractivity contribution >= 4 is 5.82 Å². The zero-order valence-corrected chi connectivity index (χ0v) is 11.1. The molecule has 0 saturated carbocycles. The summed E-state index contributed by atoms with van der Waals surface area (Å²) in [6.45, 7) is 0.658. The number of hydrogen-bond acceptors (Lipinski definition) is 6. The van der Waals surface area contributed by atoms with Gasteiger partial charge in [0.1, 0.15) is 17.7 Å². The maximum atomic E-state index is 8.70. The van der Waals surface area contributed by atoms with Crippen LogP contribution in [0.5, 0.6) is 0 Å². The van der Waals surface area contributed by atoms with E-state index in [1.807, 2.05) is 12.1 Å². The van der Waals surface area contributed by atoms with Crippen LogP contribution in [0.2, 0.25) is 0 Å². The fraction of sp³-hybridized carbons (Fsp3) is 0.143. The van der Waals surface area contributed by atoms with Gasteiger partial charge in [-0.2, -0.15) is 10.4 Å². The number of H-pyrrole nitrogens is 1. The summed E-state index contributed by atoms with van der Waals surface area (Å²) in [6.07, 6.45) is 3.80. The highest BCUT2D eigenvalue weighted by Gasteiger charge is 2.07. The smallest absolute Gasteiger partial charge is 0.216 e. The van der Waals surface area contributed by atoms with Gasteiger partial charge in [0, 0.05) is 19.2 Å². The molecule has 7 heteroatoms. The number of nitriles is 1. The Morgan fingerprint density at radius 2 is 2.29 bits per heavy atom. The second-order valence-corrected chi connectivity index (χ2v) is 4.30. The van der Waals surface area contributed by atoms with Gasteiger partial charge in [0.05, 0.1) is 11.8 Å². The summed E-state index contributed by atoms with van der Waals surface area (Å²) in [5, 5.41) is 18.8. The van der Waals surface area contributed by atoms with Gasteiger partial charge in [-0.3, -0.25) is 5.10 Å². The lowest BCUT2D eigenvalue weighted by atomic mass is 10.3. The number of aromatic nitrogens is 4. The standard InChI is InChI=1S/C14H12N6O/c15-8-10-3-4-12(17-9-10)16-6-5-13-18-14(20-19-13)11-2-1-7-21-11/h1-4,7,9H,5-6H2,(H,16,17)(H,18,19,20). The van der Waals surface area contributed by atoms with Crippen molar-refractivity contribution in [3.05, 3.63) is 48.1 Å². The minimum atomic E-state index is 0.541. The Kier molecular flexibility index (Phi) is 3.60. The number of anilines is 1. The predicted octanol–water partition coefficient (Wildman–Crippen LogP) is 1.99. The van der Waals surface area contributed by atoms with E-state index in [2.05, 4.69) is 25.5 Å². The normalized spacial score (nSPS) is 10.2. The van der Waals surface area contributed by atoms with Crippen molar-refractivity contribution in [3.63, 3.8) is 0 Å². The van der Waals surface area contributed by atoms with Crippen molar-refractivity contribution in [1.82, 2.24) is 20.2 Å². The summed E-state index contributed by atoms with van der Waals surface area (Å²) in [7, 11) is 0. The van der Waals surface area contributed by atoms with Crippen LogP contribution in [0.1, 0.15) is 11.4 Å². The molecule has 0 atom stereocenters. The van der Waals surface area contributed by atoms with Gasteiger partial charge in [-0.05, 0) is 24.3 Å². The van der Waals surface area contributed by atoms with Crippen LogP contribution in [0.4, 0.5) is 5.82 Å². The van der Waals surface area contributed by atoms with Gasteiger partial charge in [0.2, 0.25) is 5.82 Å². The maximum Gasteiger partial charge on any atom is 0.216 e. The lowest BCUT2D eigenvalue weighted by Crippen LogP contribution is -2.07. The molecular weight excluding hydrogens is 268 g/mol. The summed E-state index contributed by atoms with van der Waals surface area (Å²) in [5.74, 6) is 2.67. The molecule has 0 amide bonds. The third-order valence-corrected chi connectivity index (χ3v) is 2.83. The molecular formula is C14H12N6O. The monoisotopic (exact) mass is 280 g/mol. The highest BCUT2D eigenvalue weighted by atomic mass is 16.3. The third-order valence-electron chi connectivity index (χ3n) is 2.83. The van der Waals surface area contributed by atoms with Crippen LogP contribution in [-0.2, 0) is 6.42 Å². The van der Waals surface area contributed by atoms with E-state index in [1.54, 1.807) is 24.5 Å². The molecule has 0 unspecified atom stereocenters. The topological polar surface area (TPSA) is 103 Å². The number of aromatic amines is 1. The molecule has 3 aromatic heterocycles. The van der Waals surface area contributed by atoms with E-state index in [-0.39, 0.29) is 0 Å². The molecule has 0 aliphatic heterocycles. The summed E-state index contributed by atoms with van der Waals surface area (Å²) < 4.78 is 5.23. The second-order valence-electron chi connectivity index (χ2n) is 4.30. The molecule has 0 aliphatic carbocycles. The number of hydrogen-bond donors (Lipinski definition) is 2. The Labute approximate surface area is 120 Å². The Bertz CT molecular complexity index is 739. The summed E-state index contributed by atoms with van der Waals surface area (Å²) in [6, 6.07) is 9.13. The summed E-state index contributed by atoms with van der Waals surface area (Å²) in [4.78, 5) is 8.48. The van der Waals surface area contributed by atoms with Gasteiger partial charge in [0.25, 0.3) is 0 Å². The Morgan fingerprint density at radius 1 is 1.33 bits per heavy atom. The van der Waals surface area contributed by atoms with Crippen LogP contribution < -0.4 is 5.32 Å². The molecule has 3 aromatic rings. The number of nitrogens with one attached hydrogen (secondary N) is 2. The molecule has 2 N–H and O–H groups in total. The van der Waals surface area contributed by atoms with E-state index in [4.69, 9.17) is 9.68 Å². The minimum absolute atomic E-state index is 0.541. The number of rotatable bonds is 5. The maximum absolute atomic E-state index is 8.70. The van der Waals surface area contributed by atoms with Crippen molar-refractivity contribution < 1.29 is 4.42 Å². The molecule has 0 radical (unpaired) electrons. The zero-order valence-electron chi connectivity index (χ0n) is 11.1. The average molecular weight is 280 g/mol. The molecule has 104 valence electrons. The van der Waals surface area contributed by atoms with Gasteiger partial charge >= 0.3 is 0 Å². The fourth-order valence-electron chi connectivity index (χ4n) is 1.80. The van der Waals surface area contributed by atoms with Crippen molar-refractivity contribution in [2.24, 2.45) is 0 Å². The number of furan rings is 1. The van der Waals surface area contributed by atoms with E-state index in [0.29, 0.717) is 30.1 Å². The highest BCUT2D eigenvalue weighted by Crippen LogP contribution is 2.14. The first-order valence-electron chi connectivity index (χ1n) is 6.40. The molecule has 3 heterocycles. The predicted molar refractivity (Wildman–Crippen MR) is 75.2 cm³/mol. The Morgan fingerprint density at radius 3 is 3.00 bits per heavy atom. The van der Waals surface area contributed by atoms with E-state index in [9.17, 15) is 0 Å². The Hall–Kier alpha value is -3.14. The van der Waals surface area contributed by atoms with Crippen molar-refractivity contribution in [2.75, 3.05) is 11.9 Å². The van der Waals surface area contributed by atoms with Crippen LogP contribution in [-0.4, -0.2) is 26.7 Å². The SMILES string of the molecule is N#Cc1ccc(NCCc2nc(-c3ccco3)n[nH]2)nc1.